The summed E-state index contributed by atoms with van der Waals surface area (Å²) >= 11 is 11.9. The van der Waals surface area contributed by atoms with E-state index in [0.29, 0.717) is 28.7 Å². The largest absolute Gasteiger partial charge is 0.393 e. The topological polar surface area (TPSA) is 32.3 Å². The van der Waals surface area contributed by atoms with Crippen molar-refractivity contribution >= 4 is 34.8 Å². The van der Waals surface area contributed by atoms with Gasteiger partial charge in [-0.1, -0.05) is 29.3 Å². The highest BCUT2D eigenvalue weighted by molar-refractivity contribution is 6.39. The Morgan fingerprint density at radius 1 is 1.30 bits per heavy atom. The molecular weight excluding hydrogens is 352 g/mol. The molecule has 1 heterocycles. The molecule has 1 atom stereocenters. The number of anilines is 1. The summed E-state index contributed by atoms with van der Waals surface area (Å²) in [6, 6.07) is 4.86. The zero-order chi connectivity index (χ0) is 17.0. The number of piperidine rings is 1. The SMILES string of the molecule is O=C(CCN1CCCC(C(F)(F)F)C1)Nc1c(Cl)cccc1Cl. The van der Waals surface area contributed by atoms with Crippen molar-refractivity contribution in [3.8, 4) is 0 Å². The van der Waals surface area contributed by atoms with Crippen molar-refractivity contribution in [1.82, 2.24) is 4.90 Å². The number of para-hydroxylation sites is 1. The number of likely N-dealkylation sites (tertiary alicyclic amines) is 1. The number of carbonyl (C=O) groups excluding carboxylic acids is 1. The third-order valence-corrected chi connectivity index (χ3v) is 4.48. The lowest BCUT2D eigenvalue weighted by atomic mass is 9.97. The van der Waals surface area contributed by atoms with Gasteiger partial charge in [-0.15, -0.1) is 0 Å². The summed E-state index contributed by atoms with van der Waals surface area (Å²) in [6.07, 6.45) is -3.44. The number of alkyl halides is 3. The van der Waals surface area contributed by atoms with Gasteiger partial charge in [0.05, 0.1) is 21.7 Å². The van der Waals surface area contributed by atoms with Gasteiger partial charge in [-0.05, 0) is 31.5 Å². The summed E-state index contributed by atoms with van der Waals surface area (Å²) in [6.45, 7) is 0.802. The van der Waals surface area contributed by atoms with Crippen LogP contribution in [-0.4, -0.2) is 36.6 Å². The van der Waals surface area contributed by atoms with Gasteiger partial charge in [0, 0.05) is 19.5 Å². The van der Waals surface area contributed by atoms with E-state index in [2.05, 4.69) is 5.32 Å². The number of nitrogens with zero attached hydrogens (tertiary/aromatic N) is 1. The van der Waals surface area contributed by atoms with Gasteiger partial charge < -0.3 is 10.2 Å². The highest BCUT2D eigenvalue weighted by atomic mass is 35.5. The maximum absolute atomic E-state index is 12.8. The van der Waals surface area contributed by atoms with Crippen LogP contribution in [0.2, 0.25) is 10.0 Å². The molecule has 1 saturated heterocycles. The van der Waals surface area contributed by atoms with Crippen LogP contribution in [0.15, 0.2) is 18.2 Å². The number of amides is 1. The molecule has 1 aromatic rings. The van der Waals surface area contributed by atoms with Gasteiger partial charge in [-0.25, -0.2) is 0 Å². The Balaban J connectivity index is 1.85. The van der Waals surface area contributed by atoms with Crippen molar-refractivity contribution < 1.29 is 18.0 Å². The second kappa shape index (κ2) is 7.73. The van der Waals surface area contributed by atoms with E-state index in [0.717, 1.165) is 0 Å². The molecule has 1 aliphatic heterocycles. The van der Waals surface area contributed by atoms with Gasteiger partial charge in [0.1, 0.15) is 0 Å². The summed E-state index contributed by atoms with van der Waals surface area (Å²) < 4.78 is 38.3. The van der Waals surface area contributed by atoms with Crippen molar-refractivity contribution in [2.24, 2.45) is 5.92 Å². The molecule has 0 bridgehead atoms. The number of hydrogen-bond acceptors (Lipinski definition) is 2. The van der Waals surface area contributed by atoms with Gasteiger partial charge in [0.25, 0.3) is 0 Å². The Bertz CT molecular complexity index is 546. The van der Waals surface area contributed by atoms with E-state index >= 15 is 0 Å². The Morgan fingerprint density at radius 3 is 2.57 bits per heavy atom. The number of carbonyl (C=O) groups is 1. The van der Waals surface area contributed by atoms with E-state index in [1.165, 1.54) is 0 Å². The minimum Gasteiger partial charge on any atom is -0.324 e. The predicted molar refractivity (Wildman–Crippen MR) is 84.9 cm³/mol. The number of hydrogen-bond donors (Lipinski definition) is 1. The van der Waals surface area contributed by atoms with Gasteiger partial charge in [-0.2, -0.15) is 13.2 Å². The Labute approximate surface area is 142 Å². The molecular formula is C15H17Cl2F3N2O. The van der Waals surface area contributed by atoms with Gasteiger partial charge in [-0.3, -0.25) is 4.79 Å². The molecule has 1 N–H and O–H groups in total. The number of rotatable bonds is 4. The molecule has 23 heavy (non-hydrogen) atoms. The Hall–Kier alpha value is -0.980. The minimum absolute atomic E-state index is 0.0520. The van der Waals surface area contributed by atoms with Crippen LogP contribution in [0, 0.1) is 5.92 Å². The highest BCUT2D eigenvalue weighted by Crippen LogP contribution is 2.33. The second-order valence-electron chi connectivity index (χ2n) is 5.58. The monoisotopic (exact) mass is 368 g/mol. The fraction of sp³-hybridized carbons (Fsp3) is 0.533. The van der Waals surface area contributed by atoms with Crippen molar-refractivity contribution in [2.75, 3.05) is 25.0 Å². The molecule has 0 radical (unpaired) electrons. The first-order chi connectivity index (χ1) is 10.8. The van der Waals surface area contributed by atoms with Crippen LogP contribution in [0.5, 0.6) is 0 Å². The van der Waals surface area contributed by atoms with E-state index in [1.54, 1.807) is 23.1 Å². The molecule has 1 aliphatic rings. The maximum Gasteiger partial charge on any atom is 0.393 e. The first kappa shape index (κ1) is 18.4. The number of benzene rings is 1. The summed E-state index contributed by atoms with van der Waals surface area (Å²) in [4.78, 5) is 13.6. The van der Waals surface area contributed by atoms with Crippen molar-refractivity contribution in [2.45, 2.75) is 25.4 Å². The lowest BCUT2D eigenvalue weighted by molar-refractivity contribution is -0.186. The van der Waals surface area contributed by atoms with Gasteiger partial charge in [0.2, 0.25) is 5.91 Å². The average Bonchev–Trinajstić information content (AvgIpc) is 2.48. The summed E-state index contributed by atoms with van der Waals surface area (Å²) in [7, 11) is 0. The van der Waals surface area contributed by atoms with Crippen molar-refractivity contribution in [1.29, 1.82) is 0 Å². The van der Waals surface area contributed by atoms with Crippen LogP contribution in [0.1, 0.15) is 19.3 Å². The van der Waals surface area contributed by atoms with Crippen LogP contribution < -0.4 is 5.32 Å². The predicted octanol–water partition coefficient (Wildman–Crippen LogP) is 4.60. The standard InChI is InChI=1S/C15H17Cl2F3N2O/c16-11-4-1-5-12(17)14(11)21-13(23)6-8-22-7-2-3-10(9-22)15(18,19)20/h1,4-5,10H,2-3,6-9H2,(H,21,23). The van der Waals surface area contributed by atoms with Gasteiger partial charge >= 0.3 is 6.18 Å². The molecule has 128 valence electrons. The lowest BCUT2D eigenvalue weighted by Gasteiger charge is -2.33. The van der Waals surface area contributed by atoms with E-state index in [4.69, 9.17) is 23.2 Å². The van der Waals surface area contributed by atoms with E-state index in [9.17, 15) is 18.0 Å². The molecule has 2 rings (SSSR count). The molecule has 1 fully saturated rings. The van der Waals surface area contributed by atoms with E-state index in [-0.39, 0.29) is 31.8 Å². The summed E-state index contributed by atoms with van der Waals surface area (Å²) in [5, 5.41) is 3.25. The quantitative estimate of drug-likeness (QED) is 0.842. The Kier molecular flexibility index (Phi) is 6.17. The normalized spacial score (nSPS) is 19.6. The molecule has 3 nitrogen and oxygen atoms in total. The van der Waals surface area contributed by atoms with Crippen LogP contribution in [0.4, 0.5) is 18.9 Å². The van der Waals surface area contributed by atoms with Crippen LogP contribution in [0.25, 0.3) is 0 Å². The third-order valence-electron chi connectivity index (χ3n) is 3.85. The highest BCUT2D eigenvalue weighted by Gasteiger charge is 2.41. The number of nitrogens with one attached hydrogen (secondary N) is 1. The van der Waals surface area contributed by atoms with Crippen LogP contribution in [-0.2, 0) is 4.79 Å². The molecule has 0 aromatic heterocycles. The molecule has 8 heteroatoms. The molecule has 0 saturated carbocycles. The van der Waals surface area contributed by atoms with Crippen molar-refractivity contribution in [3.05, 3.63) is 28.2 Å². The molecule has 1 amide bonds. The molecule has 0 spiro atoms. The van der Waals surface area contributed by atoms with Crippen LogP contribution in [0.3, 0.4) is 0 Å². The fourth-order valence-corrected chi connectivity index (χ4v) is 3.10. The lowest BCUT2D eigenvalue weighted by Crippen LogP contribution is -2.42. The Morgan fingerprint density at radius 2 is 1.96 bits per heavy atom. The average molecular weight is 369 g/mol. The first-order valence-corrected chi connectivity index (χ1v) is 8.06. The number of halogens is 5. The molecule has 1 unspecified atom stereocenters. The van der Waals surface area contributed by atoms with E-state index < -0.39 is 12.1 Å². The first-order valence-electron chi connectivity index (χ1n) is 7.30. The fourth-order valence-electron chi connectivity index (χ4n) is 2.60. The molecule has 0 aliphatic carbocycles. The van der Waals surface area contributed by atoms with Crippen LogP contribution >= 0.6 is 23.2 Å². The van der Waals surface area contributed by atoms with Gasteiger partial charge in [0.15, 0.2) is 0 Å². The zero-order valence-electron chi connectivity index (χ0n) is 12.3. The summed E-state index contributed by atoms with van der Waals surface area (Å²) in [5.74, 6) is -1.63. The third kappa shape index (κ3) is 5.26. The second-order valence-corrected chi connectivity index (χ2v) is 6.39. The smallest absolute Gasteiger partial charge is 0.324 e. The zero-order valence-corrected chi connectivity index (χ0v) is 13.8. The maximum atomic E-state index is 12.8. The van der Waals surface area contributed by atoms with E-state index in [1.807, 2.05) is 0 Å². The minimum atomic E-state index is -4.17. The van der Waals surface area contributed by atoms with Crippen molar-refractivity contribution in [3.63, 3.8) is 0 Å². The summed E-state index contributed by atoms with van der Waals surface area (Å²) in [5.41, 5.74) is 0.327. The molecule has 1 aromatic carbocycles.